The standard InChI is InChI=1S/C16H10O6/c17-8-2-1-6-11-9(18)5-10-13(7-3-4-20-16(7)21-10)14(11)22-15(19)12(6)8/h3-5,7,16,18H,1-2H2/t7-,16+/m0/s1. The molecule has 0 fully saturated rings. The Labute approximate surface area is 123 Å². The number of rotatable bonds is 0. The van der Waals surface area contributed by atoms with Gasteiger partial charge in [-0.25, -0.2) is 4.79 Å². The maximum absolute atomic E-state index is 12.2. The number of fused-ring (bicyclic) bond motifs is 7. The molecule has 1 aromatic heterocycles. The lowest BCUT2D eigenvalue weighted by Crippen LogP contribution is -2.14. The lowest BCUT2D eigenvalue weighted by molar-refractivity contribution is -0.00484. The summed E-state index contributed by atoms with van der Waals surface area (Å²) in [6.07, 6.45) is 3.57. The fourth-order valence-electron chi connectivity index (χ4n) is 3.58. The number of phenols is 1. The maximum atomic E-state index is 12.2. The van der Waals surface area contributed by atoms with Gasteiger partial charge in [0, 0.05) is 12.5 Å². The number of aryl methyl sites for hydroxylation is 1. The minimum Gasteiger partial charge on any atom is -0.507 e. The molecule has 0 saturated carbocycles. The van der Waals surface area contributed by atoms with E-state index in [9.17, 15) is 14.7 Å². The van der Waals surface area contributed by atoms with Crippen LogP contribution in [0.4, 0.5) is 0 Å². The van der Waals surface area contributed by atoms with E-state index in [4.69, 9.17) is 13.9 Å². The minimum atomic E-state index is -0.649. The molecular weight excluding hydrogens is 288 g/mol. The van der Waals surface area contributed by atoms with Crippen LogP contribution in [-0.4, -0.2) is 17.2 Å². The second-order valence-corrected chi connectivity index (χ2v) is 5.65. The summed E-state index contributed by atoms with van der Waals surface area (Å²) in [6, 6.07) is 1.50. The van der Waals surface area contributed by atoms with Crippen LogP contribution in [-0.2, 0) is 11.2 Å². The Balaban J connectivity index is 1.94. The number of aromatic hydroxyl groups is 1. The molecule has 110 valence electrons. The Hall–Kier alpha value is -2.76. The van der Waals surface area contributed by atoms with E-state index in [1.807, 2.05) is 6.08 Å². The van der Waals surface area contributed by atoms with Crippen molar-refractivity contribution in [3.63, 3.8) is 0 Å². The van der Waals surface area contributed by atoms with Gasteiger partial charge in [0.1, 0.15) is 22.6 Å². The summed E-state index contributed by atoms with van der Waals surface area (Å²) in [7, 11) is 0. The topological polar surface area (TPSA) is 86.0 Å². The van der Waals surface area contributed by atoms with Gasteiger partial charge < -0.3 is 19.0 Å². The van der Waals surface area contributed by atoms with Crippen LogP contribution < -0.4 is 10.4 Å². The van der Waals surface area contributed by atoms with E-state index in [1.165, 1.54) is 6.07 Å². The Morgan fingerprint density at radius 1 is 1.23 bits per heavy atom. The number of benzene rings is 1. The first-order valence-electron chi connectivity index (χ1n) is 7.02. The van der Waals surface area contributed by atoms with Crippen molar-refractivity contribution < 1.29 is 23.8 Å². The normalized spacial score (nSPS) is 24.1. The fourth-order valence-corrected chi connectivity index (χ4v) is 3.58. The summed E-state index contributed by atoms with van der Waals surface area (Å²) in [4.78, 5) is 24.0. The van der Waals surface area contributed by atoms with Crippen LogP contribution >= 0.6 is 0 Å². The third-order valence-corrected chi connectivity index (χ3v) is 4.51. The lowest BCUT2D eigenvalue weighted by atomic mass is 9.95. The first-order chi connectivity index (χ1) is 10.6. The van der Waals surface area contributed by atoms with Crippen LogP contribution in [0, 0.1) is 0 Å². The monoisotopic (exact) mass is 298 g/mol. The van der Waals surface area contributed by atoms with Crippen molar-refractivity contribution >= 4 is 16.8 Å². The molecule has 0 unspecified atom stereocenters. The molecule has 0 bridgehead atoms. The Kier molecular flexibility index (Phi) is 2.00. The summed E-state index contributed by atoms with van der Waals surface area (Å²) in [6.45, 7) is 0. The number of carbonyl (C=O) groups excluding carboxylic acids is 1. The molecule has 22 heavy (non-hydrogen) atoms. The highest BCUT2D eigenvalue weighted by molar-refractivity contribution is 6.06. The molecule has 1 N–H and O–H groups in total. The highest BCUT2D eigenvalue weighted by Crippen LogP contribution is 2.49. The van der Waals surface area contributed by atoms with Crippen LogP contribution in [0.3, 0.4) is 0 Å². The van der Waals surface area contributed by atoms with E-state index in [0.717, 1.165) is 0 Å². The number of ketones is 1. The van der Waals surface area contributed by atoms with Crippen molar-refractivity contribution in [2.45, 2.75) is 25.0 Å². The predicted octanol–water partition coefficient (Wildman–Crippen LogP) is 1.97. The molecule has 0 amide bonds. The molecule has 0 radical (unpaired) electrons. The number of hydrogen-bond acceptors (Lipinski definition) is 6. The molecule has 6 nitrogen and oxygen atoms in total. The third-order valence-electron chi connectivity index (χ3n) is 4.51. The van der Waals surface area contributed by atoms with Crippen LogP contribution in [0.15, 0.2) is 27.6 Å². The fraction of sp³-hybridized carbons (Fsp3) is 0.250. The lowest BCUT2D eigenvalue weighted by Gasteiger charge is -2.10. The maximum Gasteiger partial charge on any atom is 0.347 e. The number of carbonyl (C=O) groups is 1. The van der Waals surface area contributed by atoms with Crippen molar-refractivity contribution in [3.05, 3.63) is 45.5 Å². The van der Waals surface area contributed by atoms with Crippen LogP contribution in [0.2, 0.25) is 0 Å². The zero-order valence-corrected chi connectivity index (χ0v) is 11.3. The molecule has 0 saturated heterocycles. The molecule has 0 spiro atoms. The second kappa shape index (κ2) is 3.71. The van der Waals surface area contributed by atoms with Crippen LogP contribution in [0.1, 0.15) is 33.8 Å². The van der Waals surface area contributed by atoms with E-state index in [0.29, 0.717) is 28.7 Å². The molecule has 6 heteroatoms. The minimum absolute atomic E-state index is 0.0487. The van der Waals surface area contributed by atoms with Crippen molar-refractivity contribution in [1.82, 2.24) is 0 Å². The quantitative estimate of drug-likeness (QED) is 0.748. The van der Waals surface area contributed by atoms with Gasteiger partial charge in [-0.05, 0) is 18.1 Å². The Bertz CT molecular complexity index is 951. The average molecular weight is 298 g/mol. The average Bonchev–Trinajstić information content (AvgIpc) is 3.13. The van der Waals surface area contributed by atoms with Gasteiger partial charge >= 0.3 is 5.63 Å². The third kappa shape index (κ3) is 1.25. The van der Waals surface area contributed by atoms with Crippen molar-refractivity contribution in [1.29, 1.82) is 0 Å². The summed E-state index contributed by atoms with van der Waals surface area (Å²) >= 11 is 0. The number of hydrogen-bond donors (Lipinski definition) is 1. The van der Waals surface area contributed by atoms with Crippen molar-refractivity contribution in [3.8, 4) is 11.5 Å². The molecule has 1 aliphatic carbocycles. The number of phenolic OH excluding ortho intramolecular Hbond substituents is 1. The van der Waals surface area contributed by atoms with Gasteiger partial charge in [0.2, 0.25) is 0 Å². The molecule has 3 aliphatic rings. The SMILES string of the molecule is O=C1CCc2c1c(=O)oc1c3c(cc(O)c21)O[C@H]1OC=C[C@@H]31. The second-order valence-electron chi connectivity index (χ2n) is 5.65. The van der Waals surface area contributed by atoms with Crippen LogP contribution in [0.25, 0.3) is 11.0 Å². The van der Waals surface area contributed by atoms with Crippen molar-refractivity contribution in [2.24, 2.45) is 0 Å². The zero-order chi connectivity index (χ0) is 15.0. The van der Waals surface area contributed by atoms with Gasteiger partial charge in [0.05, 0.1) is 23.1 Å². The Morgan fingerprint density at radius 2 is 2.09 bits per heavy atom. The van der Waals surface area contributed by atoms with Crippen LogP contribution in [0.5, 0.6) is 11.5 Å². The first kappa shape index (κ1) is 11.9. The predicted molar refractivity (Wildman–Crippen MR) is 74.2 cm³/mol. The summed E-state index contributed by atoms with van der Waals surface area (Å²) < 4.78 is 16.4. The van der Waals surface area contributed by atoms with Gasteiger partial charge in [0.15, 0.2) is 5.78 Å². The molecule has 2 aromatic rings. The number of Topliss-reactive ketones (excluding diaryl/α,β-unsaturated/α-hetero) is 1. The van der Waals surface area contributed by atoms with Gasteiger partial charge in [0.25, 0.3) is 6.29 Å². The highest BCUT2D eigenvalue weighted by Gasteiger charge is 2.41. The molecular formula is C16H10O6. The van der Waals surface area contributed by atoms with E-state index < -0.39 is 11.9 Å². The molecule has 1 aromatic carbocycles. The van der Waals surface area contributed by atoms with Gasteiger partial charge in [-0.2, -0.15) is 0 Å². The molecule has 2 atom stereocenters. The van der Waals surface area contributed by atoms with Gasteiger partial charge in [-0.1, -0.05) is 0 Å². The van der Waals surface area contributed by atoms with Crippen molar-refractivity contribution in [2.75, 3.05) is 0 Å². The smallest absolute Gasteiger partial charge is 0.347 e. The number of ether oxygens (including phenoxy) is 2. The molecule has 2 aliphatic heterocycles. The summed E-state index contributed by atoms with van der Waals surface area (Å²) in [5.74, 6) is -0.0237. The van der Waals surface area contributed by atoms with E-state index in [2.05, 4.69) is 0 Å². The van der Waals surface area contributed by atoms with Gasteiger partial charge in [-0.3, -0.25) is 4.79 Å². The Morgan fingerprint density at radius 3 is 2.95 bits per heavy atom. The molecule has 5 rings (SSSR count). The van der Waals surface area contributed by atoms with E-state index in [-0.39, 0.29) is 35.0 Å². The summed E-state index contributed by atoms with van der Waals surface area (Å²) in [5, 5.41) is 10.8. The highest BCUT2D eigenvalue weighted by atomic mass is 16.7. The molecule has 3 heterocycles. The first-order valence-corrected chi connectivity index (χ1v) is 7.02. The summed E-state index contributed by atoms with van der Waals surface area (Å²) in [5.41, 5.74) is 0.963. The van der Waals surface area contributed by atoms with Gasteiger partial charge in [-0.15, -0.1) is 0 Å². The van der Waals surface area contributed by atoms with E-state index in [1.54, 1.807) is 6.26 Å². The van der Waals surface area contributed by atoms with E-state index >= 15 is 0 Å². The largest absolute Gasteiger partial charge is 0.507 e. The zero-order valence-electron chi connectivity index (χ0n) is 11.3.